The lowest BCUT2D eigenvalue weighted by Crippen LogP contribution is -2.08. The minimum Gasteiger partial charge on any atom is -0.503 e. The Hall–Kier alpha value is -5.07. The van der Waals surface area contributed by atoms with Crippen molar-refractivity contribution in [2.24, 2.45) is 0 Å². The van der Waals surface area contributed by atoms with E-state index in [1.54, 1.807) is 0 Å². The van der Waals surface area contributed by atoms with Gasteiger partial charge in [-0.05, 0) is 113 Å². The number of aryl methyl sites for hydroxylation is 2. The fourth-order valence-corrected chi connectivity index (χ4v) is 11.8. The normalized spacial score (nSPS) is 11.6. The summed E-state index contributed by atoms with van der Waals surface area (Å²) in [5.41, 5.74) is 6.50. The van der Waals surface area contributed by atoms with E-state index in [1.165, 1.54) is 147 Å². The number of nitrogens with one attached hydrogen (secondary N) is 2. The molecule has 0 amide bonds. The van der Waals surface area contributed by atoms with Gasteiger partial charge in [0.1, 0.15) is 5.76 Å². The maximum Gasteiger partial charge on any atom is 0.796 e. The van der Waals surface area contributed by atoms with Gasteiger partial charge in [-0.15, -0.1) is 0 Å². The van der Waals surface area contributed by atoms with E-state index < -0.39 is 13.3 Å². The van der Waals surface area contributed by atoms with Crippen LogP contribution in [-0.2, 0) is 4.65 Å². The number of unbranched alkanes of at least 4 members (excludes halogenated alkanes) is 30. The number of carbonyl (C=O) groups excluding carboxylic acids is 1. The molecule has 0 radical (unpaired) electrons. The van der Waals surface area contributed by atoms with Crippen LogP contribution in [0.15, 0.2) is 30.3 Å². The SMILES string of the molecule is CCCCCCCCOc1cc(-c2c(C)[nH]c(C(=O)/C=C(/OB(F)F)c3[nH]c(C)c(-c4cc(OCCCCCCCC)c(OCCCCCCCC)c(OCCCCCCCC)c4)c3C)c2C)cc(OCCCCCCCC)c1OCCCCCCCC. The molecule has 0 saturated carbocycles. The Morgan fingerprint density at radius 1 is 0.375 bits per heavy atom. The smallest absolute Gasteiger partial charge is 0.503 e. The number of aromatic amines is 2. The molecule has 0 aliphatic heterocycles. The summed E-state index contributed by atoms with van der Waals surface area (Å²) in [6, 6.07) is 8.03. The van der Waals surface area contributed by atoms with Crippen LogP contribution in [0.4, 0.5) is 8.63 Å². The molecule has 4 rings (SSSR count). The summed E-state index contributed by atoms with van der Waals surface area (Å²) in [5.74, 6) is 2.89. The molecule has 0 aliphatic rings. The van der Waals surface area contributed by atoms with Gasteiger partial charge in [0.25, 0.3) is 0 Å². The van der Waals surface area contributed by atoms with Crippen LogP contribution in [0.3, 0.4) is 0 Å². The number of hydrogen-bond donors (Lipinski definition) is 2. The predicted molar refractivity (Wildman–Crippen MR) is 366 cm³/mol. The van der Waals surface area contributed by atoms with Crippen LogP contribution in [0.2, 0.25) is 0 Å². The van der Waals surface area contributed by atoms with Gasteiger partial charge in [0.2, 0.25) is 17.3 Å². The average Bonchev–Trinajstić information content (AvgIpc) is 3.41. The number of hydrogen-bond acceptors (Lipinski definition) is 8. The number of allylic oxidation sites excluding steroid dienone is 1. The van der Waals surface area contributed by atoms with Gasteiger partial charge in [0.05, 0.1) is 51.0 Å². The molecular formula is C75H121BF2N2O8. The van der Waals surface area contributed by atoms with Crippen molar-refractivity contribution in [3.8, 4) is 56.8 Å². The van der Waals surface area contributed by atoms with Crippen molar-refractivity contribution in [1.29, 1.82) is 0 Å². The van der Waals surface area contributed by atoms with E-state index >= 15 is 0 Å². The topological polar surface area (TPSA) is 113 Å². The summed E-state index contributed by atoms with van der Waals surface area (Å²) in [4.78, 5) is 21.5. The molecule has 0 fully saturated rings. The van der Waals surface area contributed by atoms with E-state index in [9.17, 15) is 13.4 Å². The van der Waals surface area contributed by atoms with Crippen LogP contribution in [0.25, 0.3) is 28.0 Å². The number of H-pyrrole nitrogens is 2. The third kappa shape index (κ3) is 27.6. The quantitative estimate of drug-likeness (QED) is 0.0148. The summed E-state index contributed by atoms with van der Waals surface area (Å²) in [7, 11) is -3.20. The Balaban J connectivity index is 1.79. The molecule has 0 atom stereocenters. The van der Waals surface area contributed by atoms with Crippen LogP contribution in [0, 0.1) is 27.7 Å². The highest BCUT2D eigenvalue weighted by atomic mass is 19.2. The van der Waals surface area contributed by atoms with Crippen molar-refractivity contribution >= 4 is 19.0 Å². The Labute approximate surface area is 534 Å². The van der Waals surface area contributed by atoms with Gasteiger partial charge < -0.3 is 43.0 Å². The average molecular weight is 1230 g/mol. The molecule has 88 heavy (non-hydrogen) atoms. The Morgan fingerprint density at radius 2 is 0.625 bits per heavy atom. The first kappa shape index (κ1) is 75.4. The summed E-state index contributed by atoms with van der Waals surface area (Å²) in [5, 5.41) is 0. The molecule has 4 aromatic rings. The lowest BCUT2D eigenvalue weighted by molar-refractivity contribution is 0.104. The van der Waals surface area contributed by atoms with Crippen LogP contribution in [0.1, 0.15) is 311 Å². The van der Waals surface area contributed by atoms with Crippen molar-refractivity contribution in [3.05, 3.63) is 64.2 Å². The fourth-order valence-electron chi connectivity index (χ4n) is 11.8. The molecule has 2 N–H and O–H groups in total. The molecule has 13 heteroatoms. The summed E-state index contributed by atoms with van der Waals surface area (Å²) in [6.07, 6.45) is 42.1. The Bertz CT molecular complexity index is 2460. The van der Waals surface area contributed by atoms with Gasteiger partial charge in [-0.1, -0.05) is 234 Å². The minimum absolute atomic E-state index is 0.263. The van der Waals surface area contributed by atoms with Crippen LogP contribution < -0.4 is 28.4 Å². The monoisotopic (exact) mass is 1230 g/mol. The lowest BCUT2D eigenvalue weighted by atomic mass is 9.98. The van der Waals surface area contributed by atoms with Crippen molar-refractivity contribution in [2.75, 3.05) is 39.6 Å². The van der Waals surface area contributed by atoms with Crippen LogP contribution in [0.5, 0.6) is 34.5 Å². The minimum atomic E-state index is -3.20. The van der Waals surface area contributed by atoms with Gasteiger partial charge in [-0.25, -0.2) is 8.63 Å². The Morgan fingerprint density at radius 3 is 0.909 bits per heavy atom. The van der Waals surface area contributed by atoms with Crippen LogP contribution >= 0.6 is 0 Å². The van der Waals surface area contributed by atoms with Crippen molar-refractivity contribution < 1.29 is 46.5 Å². The second-order valence-electron chi connectivity index (χ2n) is 24.8. The zero-order chi connectivity index (χ0) is 63.6. The van der Waals surface area contributed by atoms with Crippen molar-refractivity contribution in [1.82, 2.24) is 9.97 Å². The number of ether oxygens (including phenoxy) is 6. The van der Waals surface area contributed by atoms with Gasteiger partial charge in [-0.2, -0.15) is 0 Å². The molecule has 10 nitrogen and oxygen atoms in total. The zero-order valence-corrected chi connectivity index (χ0v) is 57.2. The molecule has 0 saturated heterocycles. The highest BCUT2D eigenvalue weighted by Crippen LogP contribution is 2.47. The number of ketones is 1. The molecule has 0 bridgehead atoms. The number of rotatable bonds is 55. The first-order valence-electron chi connectivity index (χ1n) is 35.7. The highest BCUT2D eigenvalue weighted by Gasteiger charge is 2.29. The molecule has 0 unspecified atom stereocenters. The predicted octanol–water partition coefficient (Wildman–Crippen LogP) is 23.5. The van der Waals surface area contributed by atoms with Gasteiger partial charge >= 0.3 is 7.47 Å². The maximum absolute atomic E-state index is 14.8. The van der Waals surface area contributed by atoms with Gasteiger partial charge in [-0.3, -0.25) is 4.79 Å². The maximum atomic E-state index is 14.8. The number of benzene rings is 2. The summed E-state index contributed by atoms with van der Waals surface area (Å²) < 4.78 is 74.8. The molecule has 2 aromatic carbocycles. The number of aromatic nitrogens is 2. The molecule has 2 aromatic heterocycles. The number of carbonyl (C=O) groups is 1. The fraction of sp³-hybridized carbons (Fsp3) is 0.693. The van der Waals surface area contributed by atoms with E-state index in [0.717, 1.165) is 118 Å². The summed E-state index contributed by atoms with van der Waals surface area (Å²) >= 11 is 0. The van der Waals surface area contributed by atoms with Crippen LogP contribution in [-0.4, -0.2) is 62.9 Å². The third-order valence-electron chi connectivity index (χ3n) is 17.0. The third-order valence-corrected chi connectivity index (χ3v) is 17.0. The van der Waals surface area contributed by atoms with Crippen molar-refractivity contribution in [3.63, 3.8) is 0 Å². The van der Waals surface area contributed by atoms with Crippen molar-refractivity contribution in [2.45, 2.75) is 300 Å². The standard InChI is InChI=1S/C75H121BF2N2O8/c1-11-17-23-29-35-41-47-82-66-53-62(54-67(83-48-42-36-30-24-18-12-2)74(66)86-51-45-39-33-27-21-15-5)70-58(7)72(79-60(70)9)64(81)57-65(88-76(77)78)73-59(8)71(61(10)80-73)63-55-68(84-49-43-37-31-25-19-13-3)75(87-52-46-40-34-28-22-16-6)69(56-63)85-50-44-38-32-26-20-14-4/h53-57,79-80H,11-52H2,1-10H3/b65-57+. The second-order valence-corrected chi connectivity index (χ2v) is 24.8. The zero-order valence-electron chi connectivity index (χ0n) is 57.2. The summed E-state index contributed by atoms with van der Waals surface area (Å²) in [6.45, 7) is 24.2. The lowest BCUT2D eigenvalue weighted by Gasteiger charge is -2.19. The second kappa shape index (κ2) is 46.1. The highest BCUT2D eigenvalue weighted by molar-refractivity contribution is 6.36. The van der Waals surface area contributed by atoms with E-state index in [-0.39, 0.29) is 17.1 Å². The first-order valence-corrected chi connectivity index (χ1v) is 35.7. The molecule has 0 aliphatic carbocycles. The molecule has 2 heterocycles. The molecule has 496 valence electrons. The first-order chi connectivity index (χ1) is 42.9. The molecular weight excluding hydrogens is 1110 g/mol. The van der Waals surface area contributed by atoms with E-state index in [1.807, 2.05) is 52.0 Å². The van der Waals surface area contributed by atoms with Gasteiger partial charge in [0.15, 0.2) is 23.0 Å². The Kier molecular flexibility index (Phi) is 39.5. The van der Waals surface area contributed by atoms with Gasteiger partial charge in [0, 0.05) is 28.6 Å². The molecule has 0 spiro atoms. The number of halogens is 2. The van der Waals surface area contributed by atoms with E-state index in [0.29, 0.717) is 91.0 Å². The van der Waals surface area contributed by atoms with E-state index in [2.05, 4.69) is 51.5 Å². The largest absolute Gasteiger partial charge is 0.796 e. The van der Waals surface area contributed by atoms with E-state index in [4.69, 9.17) is 33.1 Å².